The number of carbonyl (C=O) groups excluding carboxylic acids is 3. The van der Waals surface area contributed by atoms with Gasteiger partial charge in [-0.05, 0) is 16.7 Å². The maximum absolute atomic E-state index is 13.5. The Morgan fingerprint density at radius 1 is 0.947 bits per heavy atom. The number of benzene rings is 3. The normalized spacial score (nSPS) is 23.0. The first-order valence-electron chi connectivity index (χ1n) is 12.2. The molecular formula is C29H25N3O5S. The van der Waals surface area contributed by atoms with E-state index in [-0.39, 0.29) is 5.75 Å². The zero-order valence-corrected chi connectivity index (χ0v) is 21.0. The van der Waals surface area contributed by atoms with E-state index in [1.807, 2.05) is 66.7 Å². The molecule has 3 aromatic carbocycles. The summed E-state index contributed by atoms with van der Waals surface area (Å²) in [5.74, 6) is -2.70. The number of amides is 2. The fourth-order valence-electron chi connectivity index (χ4n) is 4.77. The van der Waals surface area contributed by atoms with Gasteiger partial charge in [-0.15, -0.1) is 11.8 Å². The summed E-state index contributed by atoms with van der Waals surface area (Å²) >= 11 is 1.27. The van der Waals surface area contributed by atoms with Gasteiger partial charge in [-0.2, -0.15) is 5.26 Å². The summed E-state index contributed by atoms with van der Waals surface area (Å²) in [6, 6.07) is 27.0. The molecule has 0 radical (unpaired) electrons. The third-order valence-electron chi connectivity index (χ3n) is 6.68. The number of fused-ring (bicyclic) bond motifs is 1. The van der Waals surface area contributed by atoms with Crippen LogP contribution >= 0.6 is 11.8 Å². The Kier molecular flexibility index (Phi) is 7.45. The first-order valence-corrected chi connectivity index (χ1v) is 13.2. The zero-order valence-electron chi connectivity index (χ0n) is 20.2. The Bertz CT molecular complexity index is 1310. The molecule has 2 N–H and O–H groups in total. The summed E-state index contributed by atoms with van der Waals surface area (Å²) in [4.78, 5) is 40.8. The van der Waals surface area contributed by atoms with E-state index >= 15 is 0 Å². The Morgan fingerprint density at radius 2 is 1.47 bits per heavy atom. The van der Waals surface area contributed by atoms with Gasteiger partial charge in [0.1, 0.15) is 17.3 Å². The van der Waals surface area contributed by atoms with E-state index in [9.17, 15) is 24.8 Å². The van der Waals surface area contributed by atoms with Gasteiger partial charge in [-0.1, -0.05) is 91.0 Å². The van der Waals surface area contributed by atoms with Crippen LogP contribution in [0.15, 0.2) is 91.0 Å². The van der Waals surface area contributed by atoms with Gasteiger partial charge in [0.25, 0.3) is 0 Å². The largest absolute Gasteiger partial charge is 0.451 e. The molecule has 9 heteroatoms. The molecule has 38 heavy (non-hydrogen) atoms. The second kappa shape index (κ2) is 11.1. The van der Waals surface area contributed by atoms with Crippen LogP contribution in [0.5, 0.6) is 0 Å². The van der Waals surface area contributed by atoms with Crippen molar-refractivity contribution in [1.82, 2.24) is 10.2 Å². The van der Waals surface area contributed by atoms with Gasteiger partial charge < -0.3 is 20.1 Å². The minimum Gasteiger partial charge on any atom is -0.451 e. The second-order valence-corrected chi connectivity index (χ2v) is 10.2. The van der Waals surface area contributed by atoms with Crippen LogP contribution in [0.1, 0.15) is 28.7 Å². The van der Waals surface area contributed by atoms with Gasteiger partial charge in [0.05, 0.1) is 12.2 Å². The van der Waals surface area contributed by atoms with Crippen molar-refractivity contribution >= 4 is 29.5 Å². The molecule has 5 atom stereocenters. The van der Waals surface area contributed by atoms with Crippen molar-refractivity contribution < 1.29 is 24.2 Å². The Morgan fingerprint density at radius 3 is 2.00 bits per heavy atom. The molecule has 0 spiro atoms. The first kappa shape index (κ1) is 25.5. The number of nitriles is 1. The summed E-state index contributed by atoms with van der Waals surface area (Å²) in [7, 11) is 0. The average molecular weight is 528 g/mol. The molecule has 2 unspecified atom stereocenters. The summed E-state index contributed by atoms with van der Waals surface area (Å²) in [5.41, 5.74) is 2.04. The number of β-lactam (4-membered cyclic amide) rings is 1. The standard InChI is InChI=1S/C29H25N3O5S/c30-16-21(18-10-4-1-5-11-18)26(34)31-23-27(35)32-24(22(33)17-38-28(23)32)29(36)37-25(19-12-6-2-7-13-19)20-14-8-3-9-15-20/h1-15,21-25,28,33H,17H2,(H,31,34)/t21?,22?,23-,24-,28+/m1/s1. The van der Waals surface area contributed by atoms with Gasteiger partial charge in [-0.3, -0.25) is 9.59 Å². The summed E-state index contributed by atoms with van der Waals surface area (Å²) in [6.07, 6.45) is -1.85. The zero-order chi connectivity index (χ0) is 26.6. The molecule has 0 saturated carbocycles. The predicted molar refractivity (Wildman–Crippen MR) is 140 cm³/mol. The maximum Gasteiger partial charge on any atom is 0.332 e. The topological polar surface area (TPSA) is 120 Å². The molecule has 2 aliphatic heterocycles. The fraction of sp³-hybridized carbons (Fsp3) is 0.241. The van der Waals surface area contributed by atoms with E-state index in [0.29, 0.717) is 5.56 Å². The van der Waals surface area contributed by atoms with Crippen molar-refractivity contribution in [2.75, 3.05) is 5.75 Å². The molecular weight excluding hydrogens is 502 g/mol. The molecule has 0 bridgehead atoms. The van der Waals surface area contributed by atoms with Crippen molar-refractivity contribution in [3.8, 4) is 6.07 Å². The second-order valence-electron chi connectivity index (χ2n) is 9.08. The van der Waals surface area contributed by atoms with Gasteiger partial charge in [0.15, 0.2) is 12.1 Å². The quantitative estimate of drug-likeness (QED) is 0.358. The smallest absolute Gasteiger partial charge is 0.332 e. The number of hydrogen-bond acceptors (Lipinski definition) is 7. The molecule has 2 aliphatic rings. The minimum absolute atomic E-state index is 0.183. The molecule has 3 aromatic rings. The lowest BCUT2D eigenvalue weighted by atomic mass is 9.96. The van der Waals surface area contributed by atoms with E-state index in [0.717, 1.165) is 11.1 Å². The van der Waals surface area contributed by atoms with Crippen molar-refractivity contribution in [2.45, 2.75) is 35.6 Å². The fourth-order valence-corrected chi connectivity index (χ4v) is 6.12. The SMILES string of the molecule is N#CC(C(=O)N[C@@H]1C(=O)N2[C@@H](C(=O)OC(c3ccccc3)c3ccccc3)C(O)CS[C@@H]12)c1ccccc1. The average Bonchev–Trinajstić information content (AvgIpc) is 2.96. The lowest BCUT2D eigenvalue weighted by molar-refractivity contribution is -0.173. The number of carbonyl (C=O) groups is 3. The molecule has 0 aliphatic carbocycles. The summed E-state index contributed by atoms with van der Waals surface area (Å²) in [6.45, 7) is 0. The molecule has 2 saturated heterocycles. The van der Waals surface area contributed by atoms with E-state index in [2.05, 4.69) is 5.32 Å². The molecule has 2 heterocycles. The minimum atomic E-state index is -1.21. The van der Waals surface area contributed by atoms with Crippen LogP contribution in [0.3, 0.4) is 0 Å². The summed E-state index contributed by atoms with van der Waals surface area (Å²) in [5, 5.41) is 22.4. The van der Waals surface area contributed by atoms with Crippen LogP contribution in [0.25, 0.3) is 0 Å². The van der Waals surface area contributed by atoms with Crippen LogP contribution in [-0.4, -0.2) is 57.1 Å². The lowest BCUT2D eigenvalue weighted by Gasteiger charge is -2.53. The molecule has 5 rings (SSSR count). The van der Waals surface area contributed by atoms with Gasteiger partial charge in [0.2, 0.25) is 11.8 Å². The highest BCUT2D eigenvalue weighted by Gasteiger charge is 2.58. The third-order valence-corrected chi connectivity index (χ3v) is 8.06. The van der Waals surface area contributed by atoms with Crippen LogP contribution < -0.4 is 5.32 Å². The number of rotatable bonds is 7. The first-order chi connectivity index (χ1) is 18.5. The highest BCUT2D eigenvalue weighted by atomic mass is 32.2. The third kappa shape index (κ3) is 4.88. The van der Waals surface area contributed by atoms with Crippen molar-refractivity contribution in [3.63, 3.8) is 0 Å². The number of nitrogens with zero attached hydrogens (tertiary/aromatic N) is 2. The highest BCUT2D eigenvalue weighted by molar-refractivity contribution is 8.00. The molecule has 192 valence electrons. The summed E-state index contributed by atoms with van der Waals surface area (Å²) < 4.78 is 5.93. The van der Waals surface area contributed by atoms with Gasteiger partial charge in [-0.25, -0.2) is 4.79 Å². The Labute approximate surface area is 224 Å². The van der Waals surface area contributed by atoms with Crippen LogP contribution in [0, 0.1) is 11.3 Å². The van der Waals surface area contributed by atoms with Crippen molar-refractivity contribution in [3.05, 3.63) is 108 Å². The van der Waals surface area contributed by atoms with Crippen molar-refractivity contribution in [1.29, 1.82) is 5.26 Å². The van der Waals surface area contributed by atoms with Crippen LogP contribution in [0.4, 0.5) is 0 Å². The number of thioether (sulfide) groups is 1. The van der Waals surface area contributed by atoms with Gasteiger partial charge in [0, 0.05) is 5.75 Å². The van der Waals surface area contributed by atoms with E-state index in [1.165, 1.54) is 16.7 Å². The monoisotopic (exact) mass is 527 g/mol. The number of hydrogen-bond donors (Lipinski definition) is 2. The van der Waals surface area contributed by atoms with Gasteiger partial charge >= 0.3 is 5.97 Å². The van der Waals surface area contributed by atoms with Crippen LogP contribution in [-0.2, 0) is 19.1 Å². The Hall–Kier alpha value is -4.13. The molecule has 2 fully saturated rings. The van der Waals surface area contributed by atoms with E-state index in [1.54, 1.807) is 30.3 Å². The lowest BCUT2D eigenvalue weighted by Crippen LogP contribution is -2.77. The van der Waals surface area contributed by atoms with E-state index in [4.69, 9.17) is 4.74 Å². The number of nitrogens with one attached hydrogen (secondary N) is 1. The molecule has 8 nitrogen and oxygen atoms in total. The highest BCUT2D eigenvalue weighted by Crippen LogP contribution is 2.40. The number of ether oxygens (including phenoxy) is 1. The Balaban J connectivity index is 1.32. The van der Waals surface area contributed by atoms with E-state index < -0.39 is 53.4 Å². The maximum atomic E-state index is 13.5. The number of aliphatic hydroxyl groups is 1. The predicted octanol–water partition coefficient (Wildman–Crippen LogP) is 2.76. The number of esters is 1. The van der Waals surface area contributed by atoms with Crippen molar-refractivity contribution in [2.24, 2.45) is 0 Å². The molecule has 0 aromatic heterocycles. The van der Waals surface area contributed by atoms with Crippen LogP contribution in [0.2, 0.25) is 0 Å². The molecule has 2 amide bonds. The number of aliphatic hydroxyl groups excluding tert-OH is 1.